The van der Waals surface area contributed by atoms with Crippen LogP contribution < -0.4 is 10.6 Å². The average Bonchev–Trinajstić information content (AvgIpc) is 2.21. The number of hydrogen-bond donors (Lipinski definition) is 2. The molecule has 0 heterocycles. The molecule has 1 aromatic carbocycles. The lowest BCUT2D eigenvalue weighted by Crippen LogP contribution is -2.09. The van der Waals surface area contributed by atoms with Gasteiger partial charge in [0.05, 0.1) is 0 Å². The normalized spacial score (nSPS) is 9.79. The summed E-state index contributed by atoms with van der Waals surface area (Å²) in [6, 6.07) is 8.35. The molecule has 0 spiro atoms. The van der Waals surface area contributed by atoms with Gasteiger partial charge in [-0.1, -0.05) is 24.3 Å². The Morgan fingerprint density at radius 2 is 2.14 bits per heavy atom. The van der Waals surface area contributed by atoms with Crippen LogP contribution in [0, 0.1) is 0 Å². The zero-order chi connectivity index (χ0) is 10.2. The van der Waals surface area contributed by atoms with E-state index in [4.69, 9.17) is 0 Å². The van der Waals surface area contributed by atoms with Crippen LogP contribution in [0.5, 0.6) is 0 Å². The topological polar surface area (TPSA) is 24.1 Å². The molecule has 0 aromatic heterocycles. The van der Waals surface area contributed by atoms with Gasteiger partial charge in [-0.2, -0.15) is 0 Å². The number of nitrogens with one attached hydrogen (secondary N) is 2. The van der Waals surface area contributed by atoms with Crippen molar-refractivity contribution in [3.05, 3.63) is 42.5 Å². The van der Waals surface area contributed by atoms with Crippen molar-refractivity contribution in [3.8, 4) is 0 Å². The quantitative estimate of drug-likeness (QED) is 0.531. The van der Waals surface area contributed by atoms with Gasteiger partial charge in [-0.3, -0.25) is 0 Å². The highest BCUT2D eigenvalue weighted by Gasteiger charge is 1.98. The number of hydrogen-bond acceptors (Lipinski definition) is 2. The second-order valence-corrected chi connectivity index (χ2v) is 3.19. The van der Waals surface area contributed by atoms with Crippen molar-refractivity contribution in [1.82, 2.24) is 5.32 Å². The summed E-state index contributed by atoms with van der Waals surface area (Å²) in [5.74, 6) is 0. The van der Waals surface area contributed by atoms with Crippen LogP contribution in [0.2, 0.25) is 0 Å². The molecule has 1 rings (SSSR count). The van der Waals surface area contributed by atoms with Crippen molar-refractivity contribution >= 4 is 5.69 Å². The van der Waals surface area contributed by atoms with E-state index in [0.29, 0.717) is 0 Å². The maximum atomic E-state index is 3.70. The van der Waals surface area contributed by atoms with E-state index < -0.39 is 0 Å². The van der Waals surface area contributed by atoms with E-state index >= 15 is 0 Å². The fourth-order valence-corrected chi connectivity index (χ4v) is 1.35. The van der Waals surface area contributed by atoms with Crippen LogP contribution in [0.1, 0.15) is 12.0 Å². The number of para-hydroxylation sites is 1. The first-order valence-electron chi connectivity index (χ1n) is 4.95. The van der Waals surface area contributed by atoms with Gasteiger partial charge in [0.15, 0.2) is 0 Å². The molecule has 0 aliphatic heterocycles. The maximum absolute atomic E-state index is 3.70. The first-order chi connectivity index (χ1) is 6.88. The summed E-state index contributed by atoms with van der Waals surface area (Å²) in [4.78, 5) is 0. The second kappa shape index (κ2) is 6.22. The Hall–Kier alpha value is -1.28. The fourth-order valence-electron chi connectivity index (χ4n) is 1.35. The highest BCUT2D eigenvalue weighted by atomic mass is 14.9. The van der Waals surface area contributed by atoms with Crippen LogP contribution in [-0.4, -0.2) is 13.6 Å². The SMILES string of the molecule is C=CCCNc1ccccc1CNC. The Bertz CT molecular complexity index is 281. The van der Waals surface area contributed by atoms with E-state index in [2.05, 4.69) is 41.5 Å². The predicted octanol–water partition coefficient (Wildman–Crippen LogP) is 2.39. The van der Waals surface area contributed by atoms with Crippen LogP contribution >= 0.6 is 0 Å². The Kier molecular flexibility index (Phi) is 4.79. The maximum Gasteiger partial charge on any atom is 0.0385 e. The lowest BCUT2D eigenvalue weighted by molar-refractivity contribution is 0.817. The van der Waals surface area contributed by atoms with E-state index in [9.17, 15) is 0 Å². The van der Waals surface area contributed by atoms with E-state index in [1.165, 1.54) is 11.3 Å². The molecule has 14 heavy (non-hydrogen) atoms. The Balaban J connectivity index is 2.59. The van der Waals surface area contributed by atoms with Gasteiger partial charge in [0, 0.05) is 18.8 Å². The summed E-state index contributed by atoms with van der Waals surface area (Å²) in [6.07, 6.45) is 2.92. The molecule has 0 atom stereocenters. The van der Waals surface area contributed by atoms with Gasteiger partial charge in [-0.25, -0.2) is 0 Å². The largest absolute Gasteiger partial charge is 0.384 e. The third-order valence-corrected chi connectivity index (χ3v) is 2.05. The van der Waals surface area contributed by atoms with Crippen LogP contribution in [-0.2, 0) is 6.54 Å². The summed E-state index contributed by atoms with van der Waals surface area (Å²) in [5, 5.41) is 6.54. The molecular weight excluding hydrogens is 172 g/mol. The van der Waals surface area contributed by atoms with Gasteiger partial charge < -0.3 is 10.6 Å². The average molecular weight is 190 g/mol. The van der Waals surface area contributed by atoms with Gasteiger partial charge in [-0.15, -0.1) is 6.58 Å². The Labute approximate surface area is 86.0 Å². The van der Waals surface area contributed by atoms with Crippen LogP contribution in [0.3, 0.4) is 0 Å². The van der Waals surface area contributed by atoms with Crippen LogP contribution in [0.25, 0.3) is 0 Å². The molecule has 76 valence electrons. The first-order valence-corrected chi connectivity index (χ1v) is 4.95. The van der Waals surface area contributed by atoms with Crippen molar-refractivity contribution in [3.63, 3.8) is 0 Å². The standard InChI is InChI=1S/C12H18N2/c1-3-4-9-14-12-8-6-5-7-11(12)10-13-2/h3,5-8,13-14H,1,4,9-10H2,2H3. The Morgan fingerprint density at radius 3 is 2.86 bits per heavy atom. The van der Waals surface area contributed by atoms with Crippen molar-refractivity contribution in [2.75, 3.05) is 18.9 Å². The number of benzene rings is 1. The van der Waals surface area contributed by atoms with Gasteiger partial charge in [-0.05, 0) is 25.1 Å². The van der Waals surface area contributed by atoms with Crippen molar-refractivity contribution in [2.45, 2.75) is 13.0 Å². The lowest BCUT2D eigenvalue weighted by Gasteiger charge is -2.10. The highest BCUT2D eigenvalue weighted by molar-refractivity contribution is 5.50. The first kappa shape index (κ1) is 10.8. The number of anilines is 1. The second-order valence-electron chi connectivity index (χ2n) is 3.19. The summed E-state index contributed by atoms with van der Waals surface area (Å²) >= 11 is 0. The molecule has 2 heteroatoms. The third kappa shape index (κ3) is 3.23. The number of rotatable bonds is 6. The third-order valence-electron chi connectivity index (χ3n) is 2.05. The molecule has 0 fully saturated rings. The van der Waals surface area contributed by atoms with Gasteiger partial charge >= 0.3 is 0 Å². The molecule has 1 aromatic rings. The molecule has 0 saturated heterocycles. The van der Waals surface area contributed by atoms with Gasteiger partial charge in [0.25, 0.3) is 0 Å². The summed E-state index contributed by atoms with van der Waals surface area (Å²) in [7, 11) is 1.96. The summed E-state index contributed by atoms with van der Waals surface area (Å²) in [6.45, 7) is 5.55. The van der Waals surface area contributed by atoms with Gasteiger partial charge in [0.1, 0.15) is 0 Å². The van der Waals surface area contributed by atoms with Crippen molar-refractivity contribution < 1.29 is 0 Å². The van der Waals surface area contributed by atoms with E-state index in [-0.39, 0.29) is 0 Å². The summed E-state index contributed by atoms with van der Waals surface area (Å²) in [5.41, 5.74) is 2.52. The lowest BCUT2D eigenvalue weighted by atomic mass is 10.1. The smallest absolute Gasteiger partial charge is 0.0385 e. The zero-order valence-electron chi connectivity index (χ0n) is 8.72. The molecule has 0 unspecified atom stereocenters. The minimum Gasteiger partial charge on any atom is -0.384 e. The predicted molar refractivity (Wildman–Crippen MR) is 62.5 cm³/mol. The van der Waals surface area contributed by atoms with Crippen LogP contribution in [0.4, 0.5) is 5.69 Å². The zero-order valence-corrected chi connectivity index (χ0v) is 8.72. The summed E-state index contributed by atoms with van der Waals surface area (Å²) < 4.78 is 0. The van der Waals surface area contributed by atoms with E-state index in [1.54, 1.807) is 0 Å². The minimum absolute atomic E-state index is 0.900. The van der Waals surface area contributed by atoms with Crippen LogP contribution in [0.15, 0.2) is 36.9 Å². The molecule has 0 saturated carbocycles. The Morgan fingerprint density at radius 1 is 1.36 bits per heavy atom. The fraction of sp³-hybridized carbons (Fsp3) is 0.333. The molecule has 2 N–H and O–H groups in total. The molecule has 0 aliphatic rings. The molecule has 0 amide bonds. The van der Waals surface area contributed by atoms with Crippen molar-refractivity contribution in [2.24, 2.45) is 0 Å². The molecule has 0 radical (unpaired) electrons. The molecule has 0 aliphatic carbocycles. The monoisotopic (exact) mass is 190 g/mol. The molecular formula is C12H18N2. The van der Waals surface area contributed by atoms with E-state index in [1.807, 2.05) is 13.1 Å². The molecule has 0 bridgehead atoms. The van der Waals surface area contributed by atoms with Gasteiger partial charge in [0.2, 0.25) is 0 Å². The van der Waals surface area contributed by atoms with Crippen molar-refractivity contribution in [1.29, 1.82) is 0 Å². The highest BCUT2D eigenvalue weighted by Crippen LogP contribution is 2.14. The molecule has 2 nitrogen and oxygen atoms in total. The van der Waals surface area contributed by atoms with E-state index in [0.717, 1.165) is 19.5 Å². The minimum atomic E-state index is 0.900.